The number of ether oxygens (including phenoxy) is 4. The van der Waals surface area contributed by atoms with Crippen LogP contribution in [0.2, 0.25) is 0 Å². The van der Waals surface area contributed by atoms with Crippen molar-refractivity contribution in [3.8, 4) is 5.75 Å². The van der Waals surface area contributed by atoms with Crippen molar-refractivity contribution in [1.82, 2.24) is 14.8 Å². The minimum absolute atomic E-state index is 0.114. The molecule has 9 heteroatoms. The number of hydrogen-bond acceptors (Lipinski definition) is 8. The third-order valence-corrected chi connectivity index (χ3v) is 7.94. The Morgan fingerprint density at radius 1 is 1.07 bits per heavy atom. The van der Waals surface area contributed by atoms with Gasteiger partial charge in [-0.05, 0) is 75.9 Å². The number of esters is 1. The van der Waals surface area contributed by atoms with E-state index >= 15 is 0 Å². The number of piperidine rings is 1. The largest absolute Gasteiger partial charge is 0.496 e. The van der Waals surface area contributed by atoms with Gasteiger partial charge in [0.15, 0.2) is 0 Å². The van der Waals surface area contributed by atoms with Gasteiger partial charge in [-0.15, -0.1) is 0 Å². The third-order valence-electron chi connectivity index (χ3n) is 7.94. The zero-order valence-corrected chi connectivity index (χ0v) is 24.9. The number of carbonyl (C=O) groups is 2. The number of carbonyl (C=O) groups excluding carboxylic acids is 2. The van der Waals surface area contributed by atoms with Crippen LogP contribution in [0.3, 0.4) is 0 Å². The van der Waals surface area contributed by atoms with E-state index in [9.17, 15) is 9.59 Å². The Kier molecular flexibility index (Phi) is 8.40. The first-order chi connectivity index (χ1) is 19.6. The van der Waals surface area contributed by atoms with E-state index in [1.807, 2.05) is 64.1 Å². The van der Waals surface area contributed by atoms with Crippen molar-refractivity contribution < 1.29 is 28.5 Å². The number of likely N-dealkylation sites (tertiary alicyclic amines) is 1. The molecule has 2 aliphatic rings. The van der Waals surface area contributed by atoms with Crippen molar-refractivity contribution in [2.24, 2.45) is 0 Å². The topological polar surface area (TPSA) is 91.3 Å². The monoisotopic (exact) mass is 563 g/mol. The summed E-state index contributed by atoms with van der Waals surface area (Å²) in [6.45, 7) is 10.6. The summed E-state index contributed by atoms with van der Waals surface area (Å²) in [6.07, 6.45) is 3.31. The number of nitrogens with zero attached hydrogens (tertiary/aromatic N) is 2. The molecular weight excluding hydrogens is 522 g/mol. The molecule has 2 aromatic carbocycles. The van der Waals surface area contributed by atoms with E-state index in [0.717, 1.165) is 65.9 Å². The molecule has 220 valence electrons. The lowest BCUT2D eigenvalue weighted by Gasteiger charge is -2.42. The first-order valence-corrected chi connectivity index (χ1v) is 14.2. The van der Waals surface area contributed by atoms with Crippen LogP contribution in [0.5, 0.6) is 5.75 Å². The average molecular weight is 564 g/mol. The van der Waals surface area contributed by atoms with Gasteiger partial charge >= 0.3 is 12.1 Å². The lowest BCUT2D eigenvalue weighted by Crippen LogP contribution is -2.53. The van der Waals surface area contributed by atoms with Crippen LogP contribution in [0, 0.1) is 6.92 Å². The van der Waals surface area contributed by atoms with Crippen molar-refractivity contribution in [2.45, 2.75) is 70.8 Å². The number of nitrogens with one attached hydrogen (secondary N) is 1. The van der Waals surface area contributed by atoms with Crippen molar-refractivity contribution in [3.05, 3.63) is 64.8 Å². The zero-order chi connectivity index (χ0) is 29.3. The Bertz CT molecular complexity index is 1400. The smallest absolute Gasteiger partial charge is 0.419 e. The summed E-state index contributed by atoms with van der Waals surface area (Å²) in [5, 5.41) is 4.74. The molecule has 2 atom stereocenters. The van der Waals surface area contributed by atoms with Gasteiger partial charge in [-0.3, -0.25) is 9.47 Å². The zero-order valence-electron chi connectivity index (χ0n) is 24.9. The lowest BCUT2D eigenvalue weighted by molar-refractivity contribution is -0.0168. The molecule has 0 radical (unpaired) electrons. The van der Waals surface area contributed by atoms with Crippen LogP contribution in [-0.2, 0) is 20.8 Å². The van der Waals surface area contributed by atoms with Gasteiger partial charge in [0.05, 0.1) is 44.6 Å². The molecule has 0 aliphatic carbocycles. The first kappa shape index (κ1) is 29.1. The molecule has 9 nitrogen and oxygen atoms in total. The minimum Gasteiger partial charge on any atom is -0.496 e. The second-order valence-corrected chi connectivity index (χ2v) is 12.0. The van der Waals surface area contributed by atoms with Gasteiger partial charge in [-0.2, -0.15) is 0 Å². The standard InChI is InChI=1S/C32H41N3O6/c1-20-15-28(38-5)26(25-12-14-35(29(20)25)31(37)41-32(2,3)4)17-34-13-11-23(33-24-18-40-19-24)16-27(34)21-7-9-22(10-8-21)30(36)39-6/h7-10,12,14-15,23-24,27,33H,11,13,16-19H2,1-6H3. The lowest BCUT2D eigenvalue weighted by atomic mass is 9.89. The highest BCUT2D eigenvalue weighted by Gasteiger charge is 2.33. The van der Waals surface area contributed by atoms with Crippen molar-refractivity contribution >= 4 is 23.0 Å². The normalized spacial score (nSPS) is 20.0. The van der Waals surface area contributed by atoms with Crippen LogP contribution in [0.4, 0.5) is 4.79 Å². The van der Waals surface area contributed by atoms with Gasteiger partial charge in [0, 0.05) is 42.3 Å². The van der Waals surface area contributed by atoms with Gasteiger partial charge < -0.3 is 24.3 Å². The second-order valence-electron chi connectivity index (χ2n) is 12.0. The predicted octanol–water partition coefficient (Wildman–Crippen LogP) is 5.22. The molecule has 2 unspecified atom stereocenters. The minimum atomic E-state index is -0.600. The molecule has 2 fully saturated rings. The number of benzene rings is 2. The molecule has 0 bridgehead atoms. The van der Waals surface area contributed by atoms with Crippen molar-refractivity contribution in [1.29, 1.82) is 0 Å². The van der Waals surface area contributed by atoms with E-state index in [1.165, 1.54) is 7.11 Å². The molecular formula is C32H41N3O6. The summed E-state index contributed by atoms with van der Waals surface area (Å²) in [5.41, 5.74) is 3.88. The fourth-order valence-electron chi connectivity index (χ4n) is 5.90. The Balaban J connectivity index is 1.49. The quantitative estimate of drug-likeness (QED) is 0.391. The Labute approximate surface area is 241 Å². The fraction of sp³-hybridized carbons (Fsp3) is 0.500. The molecule has 3 heterocycles. The molecule has 0 spiro atoms. The average Bonchev–Trinajstić information content (AvgIpc) is 3.38. The fourth-order valence-corrected chi connectivity index (χ4v) is 5.90. The van der Waals surface area contributed by atoms with Gasteiger partial charge in [-0.1, -0.05) is 12.1 Å². The van der Waals surface area contributed by atoms with Crippen molar-refractivity contribution in [3.63, 3.8) is 0 Å². The molecule has 5 rings (SSSR count). The van der Waals surface area contributed by atoms with Gasteiger partial charge in [0.25, 0.3) is 0 Å². The van der Waals surface area contributed by atoms with E-state index in [2.05, 4.69) is 10.2 Å². The summed E-state index contributed by atoms with van der Waals surface area (Å²) in [6, 6.07) is 12.6. The summed E-state index contributed by atoms with van der Waals surface area (Å²) in [4.78, 5) is 27.6. The summed E-state index contributed by atoms with van der Waals surface area (Å²) in [5.74, 6) is 0.450. The number of hydrogen-bond donors (Lipinski definition) is 1. The number of methoxy groups -OCH3 is 2. The predicted molar refractivity (Wildman–Crippen MR) is 157 cm³/mol. The molecule has 0 amide bonds. The summed E-state index contributed by atoms with van der Waals surface area (Å²) in [7, 11) is 3.08. The van der Waals surface area contributed by atoms with Crippen LogP contribution in [0.15, 0.2) is 42.6 Å². The Morgan fingerprint density at radius 3 is 2.41 bits per heavy atom. The maximum atomic E-state index is 13.1. The molecule has 2 saturated heterocycles. The van der Waals surface area contributed by atoms with Gasteiger partial charge in [-0.25, -0.2) is 9.59 Å². The third kappa shape index (κ3) is 6.27. The van der Waals surface area contributed by atoms with E-state index in [-0.39, 0.29) is 12.0 Å². The molecule has 41 heavy (non-hydrogen) atoms. The van der Waals surface area contributed by atoms with Crippen LogP contribution in [-0.4, -0.2) is 73.2 Å². The molecule has 3 aromatic rings. The Hall–Kier alpha value is -3.40. The highest BCUT2D eigenvalue weighted by Crippen LogP contribution is 2.38. The van der Waals surface area contributed by atoms with Gasteiger partial charge in [0.2, 0.25) is 0 Å². The maximum Gasteiger partial charge on any atom is 0.419 e. The second kappa shape index (κ2) is 11.8. The number of aromatic nitrogens is 1. The molecule has 0 saturated carbocycles. The van der Waals surface area contributed by atoms with Crippen LogP contribution in [0.25, 0.3) is 10.9 Å². The van der Waals surface area contributed by atoms with E-state index in [4.69, 9.17) is 18.9 Å². The number of fused-ring (bicyclic) bond motifs is 1. The van der Waals surface area contributed by atoms with E-state index in [1.54, 1.807) is 17.9 Å². The van der Waals surface area contributed by atoms with E-state index in [0.29, 0.717) is 24.2 Å². The SMILES string of the molecule is COC(=O)c1ccc(C2CC(NC3COC3)CCN2Cc2c(OC)cc(C)c3c2ccn3C(=O)OC(C)(C)C)cc1. The highest BCUT2D eigenvalue weighted by molar-refractivity contribution is 5.95. The van der Waals surface area contributed by atoms with E-state index < -0.39 is 11.7 Å². The first-order valence-electron chi connectivity index (χ1n) is 14.2. The van der Waals surface area contributed by atoms with Crippen molar-refractivity contribution in [2.75, 3.05) is 34.0 Å². The summed E-state index contributed by atoms with van der Waals surface area (Å²) < 4.78 is 23.5. The molecule has 1 N–H and O–H groups in total. The van der Waals surface area contributed by atoms with Crippen LogP contribution >= 0.6 is 0 Å². The molecule has 1 aromatic heterocycles. The van der Waals surface area contributed by atoms with Gasteiger partial charge in [0.1, 0.15) is 11.4 Å². The number of aryl methyl sites for hydroxylation is 1. The molecule has 2 aliphatic heterocycles. The van der Waals surface area contributed by atoms with Crippen LogP contribution in [0.1, 0.15) is 66.7 Å². The van der Waals surface area contributed by atoms with Crippen LogP contribution < -0.4 is 10.1 Å². The maximum absolute atomic E-state index is 13.1. The Morgan fingerprint density at radius 2 is 1.80 bits per heavy atom. The number of rotatable bonds is 7. The highest BCUT2D eigenvalue weighted by atomic mass is 16.6. The summed E-state index contributed by atoms with van der Waals surface area (Å²) >= 11 is 0.